The lowest BCUT2D eigenvalue weighted by molar-refractivity contribution is -0.113. The Morgan fingerprint density at radius 1 is 1.19 bits per heavy atom. The molecule has 0 aliphatic heterocycles. The zero-order valence-corrected chi connectivity index (χ0v) is 19.2. The molecular weight excluding hydrogens is 438 g/mol. The van der Waals surface area contributed by atoms with E-state index in [0.29, 0.717) is 10.8 Å². The molecule has 1 heterocycles. The van der Waals surface area contributed by atoms with Crippen LogP contribution < -0.4 is 10.1 Å². The Balaban J connectivity index is 1.70. The third kappa shape index (κ3) is 5.24. The molecule has 0 spiro atoms. The standard InChI is InChI=1S/C20H23N5O4S2/c1-14-5-10-17(31(27,28)24(2)3)11-18(14)22-19(26)12-30-20-23-21-13-25(20)15-6-8-16(29-4)9-7-15/h5-11,13H,12H2,1-4H3,(H,22,26). The third-order valence-corrected chi connectivity index (χ3v) is 7.22. The molecule has 0 aliphatic rings. The van der Waals surface area contributed by atoms with Crippen molar-refractivity contribution in [2.24, 2.45) is 0 Å². The van der Waals surface area contributed by atoms with Gasteiger partial charge in [-0.1, -0.05) is 17.8 Å². The van der Waals surface area contributed by atoms with Crippen LogP contribution in [0.25, 0.3) is 5.69 Å². The summed E-state index contributed by atoms with van der Waals surface area (Å²) in [6.45, 7) is 1.80. The molecule has 2 aromatic carbocycles. The minimum absolute atomic E-state index is 0.0823. The van der Waals surface area contributed by atoms with Crippen molar-refractivity contribution in [2.75, 3.05) is 32.3 Å². The summed E-state index contributed by atoms with van der Waals surface area (Å²) in [5.74, 6) is 0.537. The van der Waals surface area contributed by atoms with Crippen molar-refractivity contribution in [3.05, 3.63) is 54.4 Å². The summed E-state index contributed by atoms with van der Waals surface area (Å²) in [6, 6.07) is 12.0. The number of carbonyl (C=O) groups is 1. The van der Waals surface area contributed by atoms with Crippen LogP contribution in [-0.2, 0) is 14.8 Å². The van der Waals surface area contributed by atoms with Gasteiger partial charge in [-0.25, -0.2) is 12.7 Å². The van der Waals surface area contributed by atoms with Crippen LogP contribution in [0.4, 0.5) is 5.69 Å². The fourth-order valence-electron chi connectivity index (χ4n) is 2.67. The normalized spacial score (nSPS) is 11.5. The minimum Gasteiger partial charge on any atom is -0.497 e. The van der Waals surface area contributed by atoms with Gasteiger partial charge in [0.2, 0.25) is 15.9 Å². The molecule has 0 fully saturated rings. The van der Waals surface area contributed by atoms with Crippen LogP contribution in [0.15, 0.2) is 58.8 Å². The number of nitrogens with one attached hydrogen (secondary N) is 1. The molecule has 3 aromatic rings. The second kappa shape index (κ2) is 9.50. The van der Waals surface area contributed by atoms with Crippen molar-refractivity contribution < 1.29 is 17.9 Å². The first kappa shape index (κ1) is 22.8. The molecule has 9 nitrogen and oxygen atoms in total. The van der Waals surface area contributed by atoms with Gasteiger partial charge in [0.05, 0.1) is 17.8 Å². The Labute approximate surface area is 185 Å². The van der Waals surface area contributed by atoms with Crippen LogP contribution in [0.1, 0.15) is 5.56 Å². The van der Waals surface area contributed by atoms with E-state index < -0.39 is 10.0 Å². The highest BCUT2D eigenvalue weighted by Gasteiger charge is 2.19. The number of carbonyl (C=O) groups excluding carboxylic acids is 1. The maximum absolute atomic E-state index is 12.5. The van der Waals surface area contributed by atoms with E-state index >= 15 is 0 Å². The Bertz CT molecular complexity index is 1170. The number of aryl methyl sites for hydroxylation is 1. The molecular formula is C20H23N5O4S2. The number of methoxy groups -OCH3 is 1. The van der Waals surface area contributed by atoms with Gasteiger partial charge >= 0.3 is 0 Å². The summed E-state index contributed by atoms with van der Waals surface area (Å²) >= 11 is 1.23. The maximum atomic E-state index is 12.5. The largest absolute Gasteiger partial charge is 0.497 e. The first-order chi connectivity index (χ1) is 14.7. The molecule has 1 amide bonds. The third-order valence-electron chi connectivity index (χ3n) is 4.46. The van der Waals surface area contributed by atoms with Crippen molar-refractivity contribution in [2.45, 2.75) is 17.0 Å². The van der Waals surface area contributed by atoms with Gasteiger partial charge < -0.3 is 10.1 Å². The first-order valence-electron chi connectivity index (χ1n) is 9.22. The number of amides is 1. The van der Waals surface area contributed by atoms with Crippen molar-refractivity contribution in [3.8, 4) is 11.4 Å². The van der Waals surface area contributed by atoms with E-state index in [1.54, 1.807) is 31.0 Å². The summed E-state index contributed by atoms with van der Waals surface area (Å²) in [6.07, 6.45) is 1.57. The Hall–Kier alpha value is -2.89. The van der Waals surface area contributed by atoms with Gasteiger partial charge in [0.25, 0.3) is 0 Å². The average molecular weight is 462 g/mol. The monoisotopic (exact) mass is 461 g/mol. The van der Waals surface area contributed by atoms with E-state index in [9.17, 15) is 13.2 Å². The SMILES string of the molecule is COc1ccc(-n2cnnc2SCC(=O)Nc2cc(S(=O)(=O)N(C)C)ccc2C)cc1. The van der Waals surface area contributed by atoms with Crippen LogP contribution >= 0.6 is 11.8 Å². The van der Waals surface area contributed by atoms with Gasteiger partial charge in [-0.05, 0) is 48.9 Å². The van der Waals surface area contributed by atoms with E-state index in [2.05, 4.69) is 15.5 Å². The van der Waals surface area contributed by atoms with Crippen LogP contribution in [0.5, 0.6) is 5.75 Å². The number of sulfonamides is 1. The molecule has 0 saturated heterocycles. The minimum atomic E-state index is -3.59. The van der Waals surface area contributed by atoms with Crippen LogP contribution in [-0.4, -0.2) is 60.4 Å². The molecule has 1 aromatic heterocycles. The molecule has 0 radical (unpaired) electrons. The number of hydrogen-bond donors (Lipinski definition) is 1. The Kier molecular flexibility index (Phi) is 6.98. The molecule has 11 heteroatoms. The number of aromatic nitrogens is 3. The quantitative estimate of drug-likeness (QED) is 0.514. The lowest BCUT2D eigenvalue weighted by Gasteiger charge is -2.14. The van der Waals surface area contributed by atoms with Crippen LogP contribution in [0.3, 0.4) is 0 Å². The molecule has 3 rings (SSSR count). The number of anilines is 1. The van der Waals surface area contributed by atoms with Crippen molar-refractivity contribution >= 4 is 33.4 Å². The lowest BCUT2D eigenvalue weighted by atomic mass is 10.2. The van der Waals surface area contributed by atoms with Gasteiger partial charge in [-0.2, -0.15) is 0 Å². The smallest absolute Gasteiger partial charge is 0.242 e. The van der Waals surface area contributed by atoms with E-state index in [4.69, 9.17) is 4.74 Å². The maximum Gasteiger partial charge on any atom is 0.242 e. The summed E-state index contributed by atoms with van der Waals surface area (Å²) in [4.78, 5) is 12.6. The highest BCUT2D eigenvalue weighted by molar-refractivity contribution is 7.99. The molecule has 1 N–H and O–H groups in total. The van der Waals surface area contributed by atoms with Gasteiger partial charge in [0.1, 0.15) is 12.1 Å². The van der Waals surface area contributed by atoms with Crippen LogP contribution in [0.2, 0.25) is 0 Å². The number of nitrogens with zero attached hydrogens (tertiary/aromatic N) is 4. The first-order valence-corrected chi connectivity index (χ1v) is 11.6. The molecule has 31 heavy (non-hydrogen) atoms. The molecule has 164 valence electrons. The number of rotatable bonds is 8. The number of ether oxygens (including phenoxy) is 1. The van der Waals surface area contributed by atoms with Gasteiger partial charge in [-0.3, -0.25) is 9.36 Å². The van der Waals surface area contributed by atoms with E-state index in [1.807, 2.05) is 24.3 Å². The number of benzene rings is 2. The fraction of sp³-hybridized carbons (Fsp3) is 0.250. The summed E-state index contributed by atoms with van der Waals surface area (Å²) in [5.41, 5.74) is 2.05. The predicted molar refractivity (Wildman–Crippen MR) is 119 cm³/mol. The number of hydrogen-bond acceptors (Lipinski definition) is 7. The zero-order chi connectivity index (χ0) is 22.6. The summed E-state index contributed by atoms with van der Waals surface area (Å²) in [7, 11) is 0.926. The molecule has 0 atom stereocenters. The van der Waals surface area contributed by atoms with Crippen molar-refractivity contribution in [1.29, 1.82) is 0 Å². The van der Waals surface area contributed by atoms with E-state index in [1.165, 1.54) is 38.0 Å². The highest BCUT2D eigenvalue weighted by Crippen LogP contribution is 2.24. The highest BCUT2D eigenvalue weighted by atomic mass is 32.2. The van der Waals surface area contributed by atoms with Gasteiger partial charge in [0.15, 0.2) is 5.16 Å². The fourth-order valence-corrected chi connectivity index (χ4v) is 4.32. The van der Waals surface area contributed by atoms with Crippen molar-refractivity contribution in [1.82, 2.24) is 19.1 Å². The second-order valence-corrected chi connectivity index (χ2v) is 9.88. The van der Waals surface area contributed by atoms with E-state index in [-0.39, 0.29) is 16.6 Å². The Morgan fingerprint density at radius 3 is 2.55 bits per heavy atom. The van der Waals surface area contributed by atoms with Crippen LogP contribution in [0, 0.1) is 6.92 Å². The Morgan fingerprint density at radius 2 is 1.90 bits per heavy atom. The molecule has 0 unspecified atom stereocenters. The lowest BCUT2D eigenvalue weighted by Crippen LogP contribution is -2.22. The van der Waals surface area contributed by atoms with Gasteiger partial charge in [0, 0.05) is 25.5 Å². The zero-order valence-electron chi connectivity index (χ0n) is 17.6. The topological polar surface area (TPSA) is 106 Å². The molecule has 0 saturated carbocycles. The predicted octanol–water partition coefficient (Wildman–Crippen LogP) is 2.57. The second-order valence-electron chi connectivity index (χ2n) is 6.78. The average Bonchev–Trinajstić information content (AvgIpc) is 3.22. The molecule has 0 bridgehead atoms. The van der Waals surface area contributed by atoms with E-state index in [0.717, 1.165) is 21.3 Å². The molecule has 0 aliphatic carbocycles. The summed E-state index contributed by atoms with van der Waals surface area (Å²) < 4.78 is 32.8. The van der Waals surface area contributed by atoms with Gasteiger partial charge in [-0.15, -0.1) is 10.2 Å². The number of thioether (sulfide) groups is 1. The van der Waals surface area contributed by atoms with Crippen molar-refractivity contribution in [3.63, 3.8) is 0 Å². The summed E-state index contributed by atoms with van der Waals surface area (Å²) in [5, 5.41) is 11.3.